The lowest BCUT2D eigenvalue weighted by Gasteiger charge is -2.58. The summed E-state index contributed by atoms with van der Waals surface area (Å²) >= 11 is 0. The van der Waals surface area contributed by atoms with Crippen LogP contribution in [0.5, 0.6) is 0 Å². The van der Waals surface area contributed by atoms with Crippen molar-refractivity contribution in [2.24, 2.45) is 46.3 Å². The van der Waals surface area contributed by atoms with Gasteiger partial charge in [0.1, 0.15) is 0 Å². The van der Waals surface area contributed by atoms with E-state index in [1.165, 1.54) is 56.9 Å². The van der Waals surface area contributed by atoms with Crippen LogP contribution in [0.1, 0.15) is 111 Å². The van der Waals surface area contributed by atoms with E-state index in [4.69, 9.17) is 4.18 Å². The van der Waals surface area contributed by atoms with E-state index in [0.717, 1.165) is 60.3 Å². The van der Waals surface area contributed by atoms with Gasteiger partial charge in [-0.3, -0.25) is 4.18 Å². The Labute approximate surface area is 233 Å². The van der Waals surface area contributed by atoms with E-state index < -0.39 is 10.1 Å². The molecule has 0 amide bonds. The molecule has 0 heterocycles. The van der Waals surface area contributed by atoms with Gasteiger partial charge in [0.25, 0.3) is 10.1 Å². The number of benzene rings is 1. The molecule has 38 heavy (non-hydrogen) atoms. The van der Waals surface area contributed by atoms with E-state index >= 15 is 0 Å². The Morgan fingerprint density at radius 3 is 2.39 bits per heavy atom. The summed E-state index contributed by atoms with van der Waals surface area (Å²) in [5, 5.41) is 0. The minimum Gasteiger partial charge on any atom is -0.263 e. The maximum Gasteiger partial charge on any atom is 0.297 e. The first kappa shape index (κ1) is 28.4. The highest BCUT2D eigenvalue weighted by Gasteiger charge is 2.59. The van der Waals surface area contributed by atoms with Crippen molar-refractivity contribution in [3.05, 3.63) is 41.5 Å². The number of aryl methyl sites for hydroxylation is 1. The number of allylic oxidation sites excluding steroid dienone is 1. The molecular formula is C34H52O3S. The molecule has 3 fully saturated rings. The van der Waals surface area contributed by atoms with Crippen LogP contribution >= 0.6 is 0 Å². The predicted molar refractivity (Wildman–Crippen MR) is 156 cm³/mol. The lowest BCUT2D eigenvalue weighted by Crippen LogP contribution is -2.51. The van der Waals surface area contributed by atoms with E-state index in [2.05, 4.69) is 40.7 Å². The molecule has 0 bridgehead atoms. The molecule has 5 rings (SSSR count). The monoisotopic (exact) mass is 540 g/mol. The van der Waals surface area contributed by atoms with Crippen LogP contribution in [-0.2, 0) is 14.3 Å². The van der Waals surface area contributed by atoms with Crippen LogP contribution in [0.25, 0.3) is 0 Å². The zero-order chi connectivity index (χ0) is 27.3. The number of hydrogen-bond acceptors (Lipinski definition) is 3. The molecule has 8 atom stereocenters. The minimum absolute atomic E-state index is 0.207. The minimum atomic E-state index is -3.73. The van der Waals surface area contributed by atoms with Gasteiger partial charge in [-0.25, -0.2) is 0 Å². The van der Waals surface area contributed by atoms with Crippen molar-refractivity contribution in [3.8, 4) is 0 Å². The van der Waals surface area contributed by atoms with Crippen LogP contribution in [0.4, 0.5) is 0 Å². The third-order valence-corrected chi connectivity index (χ3v) is 13.2. The summed E-state index contributed by atoms with van der Waals surface area (Å²) in [6.07, 6.45) is 15.8. The van der Waals surface area contributed by atoms with Crippen molar-refractivity contribution in [3.63, 3.8) is 0 Å². The van der Waals surface area contributed by atoms with E-state index in [1.54, 1.807) is 12.1 Å². The third kappa shape index (κ3) is 5.18. The Kier molecular flexibility index (Phi) is 7.99. The summed E-state index contributed by atoms with van der Waals surface area (Å²) in [5.74, 6) is 4.93. The molecule has 0 spiro atoms. The Morgan fingerprint density at radius 2 is 1.68 bits per heavy atom. The van der Waals surface area contributed by atoms with Gasteiger partial charge in [-0.05, 0) is 117 Å². The fourth-order valence-electron chi connectivity index (χ4n) is 9.67. The van der Waals surface area contributed by atoms with Crippen LogP contribution in [-0.4, -0.2) is 14.5 Å². The van der Waals surface area contributed by atoms with Crippen molar-refractivity contribution >= 4 is 10.1 Å². The highest BCUT2D eigenvalue weighted by atomic mass is 32.2. The van der Waals surface area contributed by atoms with Gasteiger partial charge in [0, 0.05) is 0 Å². The topological polar surface area (TPSA) is 43.4 Å². The Hall–Kier alpha value is -1.13. The summed E-state index contributed by atoms with van der Waals surface area (Å²) in [5.41, 5.74) is 3.24. The van der Waals surface area contributed by atoms with E-state index in [0.29, 0.717) is 5.41 Å². The predicted octanol–water partition coefficient (Wildman–Crippen LogP) is 9.11. The second-order valence-corrected chi connectivity index (χ2v) is 16.1. The van der Waals surface area contributed by atoms with Crippen molar-refractivity contribution in [2.45, 2.75) is 123 Å². The fourth-order valence-corrected chi connectivity index (χ4v) is 10.8. The maximum absolute atomic E-state index is 13.0. The number of hydrogen-bond donors (Lipinski definition) is 0. The molecule has 1 aromatic carbocycles. The van der Waals surface area contributed by atoms with Gasteiger partial charge >= 0.3 is 0 Å². The first-order valence-corrected chi connectivity index (χ1v) is 17.0. The highest BCUT2D eigenvalue weighted by molar-refractivity contribution is 7.86. The van der Waals surface area contributed by atoms with Crippen LogP contribution in [0.15, 0.2) is 40.8 Å². The largest absolute Gasteiger partial charge is 0.297 e. The van der Waals surface area contributed by atoms with Crippen molar-refractivity contribution < 1.29 is 12.6 Å². The Bertz CT molecular complexity index is 1120. The number of fused-ring (bicyclic) bond motifs is 5. The third-order valence-electron chi connectivity index (χ3n) is 11.8. The van der Waals surface area contributed by atoms with Crippen molar-refractivity contribution in [2.75, 3.05) is 0 Å². The first-order chi connectivity index (χ1) is 17.9. The molecule has 0 radical (unpaired) electrons. The SMILES string of the molecule is Cc1ccc(S(=O)(=O)O[C@H]2CC[C@@]3(C)C(=CCC4C3CC[C@@]3(C)C4CC[C@@H]3[C@H](C)CCCC(C)C)C2)cc1. The summed E-state index contributed by atoms with van der Waals surface area (Å²) in [4.78, 5) is 0.273. The lowest BCUT2D eigenvalue weighted by molar-refractivity contribution is -0.0556. The van der Waals surface area contributed by atoms with Gasteiger partial charge in [0.05, 0.1) is 11.0 Å². The zero-order valence-electron chi connectivity index (χ0n) is 24.8. The molecule has 1 aromatic rings. The molecule has 0 aromatic heterocycles. The average molecular weight is 541 g/mol. The smallest absolute Gasteiger partial charge is 0.263 e. The molecule has 3 saturated carbocycles. The summed E-state index contributed by atoms with van der Waals surface area (Å²) < 4.78 is 31.8. The number of rotatable bonds is 8. The fraction of sp³-hybridized carbons (Fsp3) is 0.765. The summed E-state index contributed by atoms with van der Waals surface area (Å²) in [6, 6.07) is 7.02. The quantitative estimate of drug-likeness (QED) is 0.244. The molecule has 0 aliphatic heterocycles. The Morgan fingerprint density at radius 1 is 0.947 bits per heavy atom. The van der Waals surface area contributed by atoms with Crippen LogP contribution < -0.4 is 0 Å². The van der Waals surface area contributed by atoms with Crippen LogP contribution in [0.2, 0.25) is 0 Å². The first-order valence-electron chi connectivity index (χ1n) is 15.6. The lowest BCUT2D eigenvalue weighted by atomic mass is 9.47. The van der Waals surface area contributed by atoms with Gasteiger partial charge in [-0.15, -0.1) is 0 Å². The van der Waals surface area contributed by atoms with Gasteiger partial charge in [-0.2, -0.15) is 8.42 Å². The molecule has 3 nitrogen and oxygen atoms in total. The van der Waals surface area contributed by atoms with Crippen molar-refractivity contribution in [1.82, 2.24) is 0 Å². The average Bonchev–Trinajstić information content (AvgIpc) is 3.21. The molecule has 4 aliphatic carbocycles. The maximum atomic E-state index is 13.0. The van der Waals surface area contributed by atoms with E-state index in [-0.39, 0.29) is 16.4 Å². The zero-order valence-corrected chi connectivity index (χ0v) is 25.7. The van der Waals surface area contributed by atoms with Crippen LogP contribution in [0, 0.1) is 53.3 Å². The van der Waals surface area contributed by atoms with Crippen LogP contribution in [0.3, 0.4) is 0 Å². The second kappa shape index (κ2) is 10.7. The van der Waals surface area contributed by atoms with E-state index in [1.807, 2.05) is 19.1 Å². The van der Waals surface area contributed by atoms with Crippen molar-refractivity contribution in [1.29, 1.82) is 0 Å². The molecule has 0 saturated heterocycles. The molecule has 3 unspecified atom stereocenters. The van der Waals surface area contributed by atoms with Gasteiger partial charge < -0.3 is 0 Å². The molecule has 4 heteroatoms. The van der Waals surface area contributed by atoms with E-state index in [9.17, 15) is 8.42 Å². The summed E-state index contributed by atoms with van der Waals surface area (Å²) in [6.45, 7) is 14.4. The highest BCUT2D eigenvalue weighted by Crippen LogP contribution is 2.67. The summed E-state index contributed by atoms with van der Waals surface area (Å²) in [7, 11) is -3.73. The standard InChI is InChI=1S/C34H52O3S/c1-23(2)8-7-9-25(4)30-16-17-31-29-15-12-26-22-27(37-38(35,36)28-13-10-24(3)11-14-28)18-20-33(26,5)32(29)19-21-34(30,31)6/h10-14,23,25,27,29-32H,7-9,15-22H2,1-6H3/t25-,27+,29?,30-,31?,32?,33+,34-/m1/s1. The van der Waals surface area contributed by atoms with Gasteiger partial charge in [0.15, 0.2) is 0 Å². The Balaban J connectivity index is 1.27. The van der Waals surface area contributed by atoms with Gasteiger partial charge in [-0.1, -0.05) is 83.2 Å². The van der Waals surface area contributed by atoms with Gasteiger partial charge in [0.2, 0.25) is 0 Å². The molecular weight excluding hydrogens is 488 g/mol. The normalized spacial score (nSPS) is 37.8. The molecule has 4 aliphatic rings. The molecule has 0 N–H and O–H groups in total. The second-order valence-electron chi connectivity index (χ2n) is 14.5. The molecule has 212 valence electrons.